The van der Waals surface area contributed by atoms with Crippen LogP contribution < -0.4 is 0 Å². The monoisotopic (exact) mass is 422 g/mol. The van der Waals surface area contributed by atoms with Crippen molar-refractivity contribution >= 4 is 45.2 Å². The maximum atomic E-state index is 14.0. The van der Waals surface area contributed by atoms with Crippen LogP contribution in [0.15, 0.2) is 12.1 Å². The van der Waals surface area contributed by atoms with Gasteiger partial charge in [0.2, 0.25) is 0 Å². The number of hydrogen-bond donors (Lipinski definition) is 0. The van der Waals surface area contributed by atoms with E-state index in [4.69, 9.17) is 16.3 Å². The Morgan fingerprint density at radius 1 is 1.57 bits per heavy atom. The van der Waals surface area contributed by atoms with Crippen molar-refractivity contribution < 1.29 is 9.13 Å². The van der Waals surface area contributed by atoms with E-state index in [1.807, 2.05) is 36.4 Å². The van der Waals surface area contributed by atoms with Gasteiger partial charge in [0.25, 0.3) is 0 Å². The van der Waals surface area contributed by atoms with Crippen LogP contribution in [0.1, 0.15) is 38.4 Å². The summed E-state index contributed by atoms with van der Waals surface area (Å²) in [6.07, 6.45) is 0.899. The van der Waals surface area contributed by atoms with Crippen molar-refractivity contribution in [3.63, 3.8) is 0 Å². The first-order valence-corrected chi connectivity index (χ1v) is 8.49. The van der Waals surface area contributed by atoms with Gasteiger partial charge in [-0.15, -0.1) is 11.6 Å². The quantitative estimate of drug-likeness (QED) is 0.522. The lowest BCUT2D eigenvalue weighted by molar-refractivity contribution is 0.0763. The molecule has 3 rings (SSSR count). The number of nitrogens with zero attached hydrogens (tertiary/aromatic N) is 2. The predicted molar refractivity (Wildman–Crippen MR) is 90.4 cm³/mol. The van der Waals surface area contributed by atoms with Crippen molar-refractivity contribution in [3.8, 4) is 0 Å². The normalized spacial score (nSPS) is 27.4. The molecular weight excluding hydrogens is 406 g/mol. The molecule has 0 radical (unpaired) electrons. The summed E-state index contributed by atoms with van der Waals surface area (Å²) in [7, 11) is 0. The highest BCUT2D eigenvalue weighted by Gasteiger charge is 2.41. The van der Waals surface area contributed by atoms with Gasteiger partial charge in [-0.05, 0) is 55.8 Å². The number of hydrogen-bond acceptors (Lipinski definition) is 2. The average molecular weight is 423 g/mol. The zero-order valence-electron chi connectivity index (χ0n) is 12.2. The summed E-state index contributed by atoms with van der Waals surface area (Å²) in [5.74, 6) is 0.543. The van der Waals surface area contributed by atoms with Crippen molar-refractivity contribution in [1.29, 1.82) is 0 Å². The van der Waals surface area contributed by atoms with E-state index in [9.17, 15) is 4.39 Å². The van der Waals surface area contributed by atoms with Crippen molar-refractivity contribution in [3.05, 3.63) is 27.3 Å². The molecule has 1 aliphatic heterocycles. The molecule has 2 heterocycles. The number of rotatable bonds is 2. The maximum absolute atomic E-state index is 14.0. The summed E-state index contributed by atoms with van der Waals surface area (Å²) in [5.41, 5.74) is 1.31. The number of imidazole rings is 1. The third kappa shape index (κ3) is 2.37. The van der Waals surface area contributed by atoms with Crippen LogP contribution in [0.4, 0.5) is 4.39 Å². The van der Waals surface area contributed by atoms with Crippen molar-refractivity contribution in [2.45, 2.75) is 44.2 Å². The molecule has 3 unspecified atom stereocenters. The molecule has 1 aromatic carbocycles. The van der Waals surface area contributed by atoms with E-state index in [1.54, 1.807) is 12.1 Å². The molecule has 0 saturated carbocycles. The van der Waals surface area contributed by atoms with E-state index in [0.29, 0.717) is 10.2 Å². The Morgan fingerprint density at radius 2 is 2.29 bits per heavy atom. The number of benzene rings is 1. The van der Waals surface area contributed by atoms with Crippen LogP contribution >= 0.6 is 34.2 Å². The molecule has 1 saturated heterocycles. The lowest BCUT2D eigenvalue weighted by Gasteiger charge is -2.32. The largest absolute Gasteiger partial charge is 0.376 e. The number of ether oxygens (including phenoxy) is 1. The highest BCUT2D eigenvalue weighted by molar-refractivity contribution is 14.1. The zero-order valence-corrected chi connectivity index (χ0v) is 15.1. The summed E-state index contributed by atoms with van der Waals surface area (Å²) in [6.45, 7) is 6.76. The minimum atomic E-state index is -0.257. The molecule has 6 heteroatoms. The van der Waals surface area contributed by atoms with Gasteiger partial charge in [0.05, 0.1) is 31.6 Å². The van der Waals surface area contributed by atoms with Crippen LogP contribution in [0.25, 0.3) is 11.0 Å². The molecule has 3 atom stereocenters. The summed E-state index contributed by atoms with van der Waals surface area (Å²) in [5, 5.41) is -0.247. The number of alkyl halides is 1. The Bertz CT molecular complexity index is 703. The number of aromatic nitrogens is 2. The van der Waals surface area contributed by atoms with Crippen LogP contribution in [0.5, 0.6) is 0 Å². The van der Waals surface area contributed by atoms with Gasteiger partial charge in [0, 0.05) is 12.7 Å². The lowest BCUT2D eigenvalue weighted by atomic mass is 9.93. The molecule has 3 nitrogen and oxygen atoms in total. The Labute approximate surface area is 142 Å². The SMILES string of the molecule is CC(Cl)c1nc2cc(I)c(F)cc2n1C1(C)CCOC1C. The summed E-state index contributed by atoms with van der Waals surface area (Å²) < 4.78 is 22.4. The van der Waals surface area contributed by atoms with E-state index >= 15 is 0 Å². The number of fused-ring (bicyclic) bond motifs is 1. The van der Waals surface area contributed by atoms with Gasteiger partial charge in [0.1, 0.15) is 11.6 Å². The number of halogens is 3. The Balaban J connectivity index is 2.33. The first-order chi connectivity index (χ1) is 9.84. The van der Waals surface area contributed by atoms with Gasteiger partial charge in [-0.1, -0.05) is 0 Å². The first kappa shape index (κ1) is 15.5. The summed E-state index contributed by atoms with van der Waals surface area (Å²) in [6, 6.07) is 3.33. The molecule has 0 spiro atoms. The second kappa shape index (κ2) is 5.35. The van der Waals surface area contributed by atoms with Gasteiger partial charge < -0.3 is 9.30 Å². The van der Waals surface area contributed by atoms with Crippen LogP contribution in [0.3, 0.4) is 0 Å². The molecule has 0 aliphatic carbocycles. The fraction of sp³-hybridized carbons (Fsp3) is 0.533. The third-order valence-corrected chi connectivity index (χ3v) is 5.46. The molecule has 0 N–H and O–H groups in total. The smallest absolute Gasteiger partial charge is 0.138 e. The van der Waals surface area contributed by atoms with Crippen LogP contribution in [-0.4, -0.2) is 22.3 Å². The molecule has 21 heavy (non-hydrogen) atoms. The van der Waals surface area contributed by atoms with Gasteiger partial charge >= 0.3 is 0 Å². The van der Waals surface area contributed by atoms with Crippen LogP contribution in [-0.2, 0) is 10.3 Å². The van der Waals surface area contributed by atoms with Gasteiger partial charge in [-0.25, -0.2) is 9.37 Å². The molecule has 0 amide bonds. The second-order valence-electron chi connectivity index (χ2n) is 5.80. The predicted octanol–water partition coefficient (Wildman–Crippen LogP) is 4.60. The van der Waals surface area contributed by atoms with E-state index in [1.165, 1.54) is 0 Å². The molecule has 0 bridgehead atoms. The average Bonchev–Trinajstić information content (AvgIpc) is 2.93. The lowest BCUT2D eigenvalue weighted by Crippen LogP contribution is -2.38. The van der Waals surface area contributed by atoms with Crippen molar-refractivity contribution in [2.24, 2.45) is 0 Å². The highest BCUT2D eigenvalue weighted by Crippen LogP contribution is 2.39. The molecule has 1 fully saturated rings. The minimum absolute atomic E-state index is 0.0337. The topological polar surface area (TPSA) is 27.1 Å². The fourth-order valence-electron chi connectivity index (χ4n) is 3.01. The van der Waals surface area contributed by atoms with E-state index in [-0.39, 0.29) is 22.8 Å². The zero-order chi connectivity index (χ0) is 15.4. The second-order valence-corrected chi connectivity index (χ2v) is 7.61. The van der Waals surface area contributed by atoms with Crippen LogP contribution in [0.2, 0.25) is 0 Å². The standard InChI is InChI=1S/C15H17ClFIN2O/c1-8(16)14-19-12-7-11(18)10(17)6-13(12)20(14)15(3)4-5-21-9(15)2/h6-9H,4-5H2,1-3H3. The third-order valence-electron chi connectivity index (χ3n) is 4.44. The van der Waals surface area contributed by atoms with Gasteiger partial charge in [0.15, 0.2) is 0 Å². The van der Waals surface area contributed by atoms with E-state index in [2.05, 4.69) is 16.5 Å². The summed E-state index contributed by atoms with van der Waals surface area (Å²) >= 11 is 8.31. The minimum Gasteiger partial charge on any atom is -0.376 e. The first-order valence-electron chi connectivity index (χ1n) is 6.98. The fourth-order valence-corrected chi connectivity index (χ4v) is 3.61. The van der Waals surface area contributed by atoms with Crippen molar-refractivity contribution in [2.75, 3.05) is 6.61 Å². The van der Waals surface area contributed by atoms with E-state index < -0.39 is 0 Å². The van der Waals surface area contributed by atoms with Gasteiger partial charge in [-0.2, -0.15) is 0 Å². The molecule has 2 aromatic rings. The van der Waals surface area contributed by atoms with Crippen LogP contribution in [0, 0.1) is 9.39 Å². The van der Waals surface area contributed by atoms with E-state index in [0.717, 1.165) is 23.3 Å². The summed E-state index contributed by atoms with van der Waals surface area (Å²) in [4.78, 5) is 4.64. The Hall–Kier alpha value is -0.400. The molecule has 1 aliphatic rings. The maximum Gasteiger partial charge on any atom is 0.138 e. The van der Waals surface area contributed by atoms with Crippen molar-refractivity contribution in [1.82, 2.24) is 9.55 Å². The Kier molecular flexibility index (Phi) is 3.95. The molecular formula is C15H17ClFIN2O. The molecule has 114 valence electrons. The Morgan fingerprint density at radius 3 is 2.86 bits per heavy atom. The highest BCUT2D eigenvalue weighted by atomic mass is 127. The van der Waals surface area contributed by atoms with Gasteiger partial charge in [-0.3, -0.25) is 0 Å². The molecule has 1 aromatic heterocycles.